The van der Waals surface area contributed by atoms with Gasteiger partial charge in [0.1, 0.15) is 4.90 Å². The molecule has 0 spiro atoms. The van der Waals surface area contributed by atoms with Crippen molar-refractivity contribution < 1.29 is 8.42 Å². The van der Waals surface area contributed by atoms with Gasteiger partial charge in [-0.15, -0.1) is 0 Å². The van der Waals surface area contributed by atoms with Gasteiger partial charge in [-0.25, -0.2) is 8.42 Å². The average molecular weight is 351 g/mol. The fraction of sp³-hybridized carbons (Fsp3) is 0.571. The van der Waals surface area contributed by atoms with Crippen LogP contribution in [0.15, 0.2) is 17.0 Å². The first-order valence-electron chi connectivity index (χ1n) is 7.14. The molecule has 1 saturated heterocycles. The first kappa shape index (κ1) is 16.9. The maximum atomic E-state index is 12.9. The molecule has 1 atom stereocenters. The average Bonchev–Trinajstić information content (AvgIpc) is 2.37. The Balaban J connectivity index is 2.45. The number of halogens is 2. The third-order valence-electron chi connectivity index (χ3n) is 3.80. The van der Waals surface area contributed by atoms with Crippen LogP contribution in [0.25, 0.3) is 0 Å². The van der Waals surface area contributed by atoms with E-state index in [4.69, 9.17) is 28.9 Å². The number of sulfonamides is 1. The van der Waals surface area contributed by atoms with Crippen LogP contribution in [0.1, 0.15) is 39.0 Å². The summed E-state index contributed by atoms with van der Waals surface area (Å²) in [4.78, 5) is -0.0171. The van der Waals surface area contributed by atoms with Gasteiger partial charge in [0.25, 0.3) is 0 Å². The van der Waals surface area contributed by atoms with Crippen LogP contribution < -0.4 is 5.73 Å². The Labute approximate surface area is 136 Å². The number of nitrogen functional groups attached to an aromatic ring is 1. The van der Waals surface area contributed by atoms with Gasteiger partial charge in [-0.3, -0.25) is 0 Å². The lowest BCUT2D eigenvalue weighted by Crippen LogP contribution is -2.43. The van der Waals surface area contributed by atoms with Gasteiger partial charge >= 0.3 is 0 Å². The second kappa shape index (κ2) is 6.73. The highest BCUT2D eigenvalue weighted by molar-refractivity contribution is 7.89. The zero-order valence-corrected chi connectivity index (χ0v) is 14.3. The summed E-state index contributed by atoms with van der Waals surface area (Å²) in [6.45, 7) is 2.58. The van der Waals surface area contributed by atoms with Gasteiger partial charge in [-0.2, -0.15) is 4.31 Å². The minimum Gasteiger partial charge on any atom is -0.398 e. The van der Waals surface area contributed by atoms with Crippen LogP contribution in [0.5, 0.6) is 0 Å². The van der Waals surface area contributed by atoms with Crippen molar-refractivity contribution >= 4 is 38.9 Å². The molecule has 7 heteroatoms. The van der Waals surface area contributed by atoms with E-state index in [1.54, 1.807) is 4.31 Å². The molecule has 1 aromatic rings. The van der Waals surface area contributed by atoms with Crippen molar-refractivity contribution in [3.05, 3.63) is 22.2 Å². The standard InChI is InChI=1S/C14H20Cl2N2O2S/c1-2-5-11-6-3-4-7-18(11)21(19,20)14-12(16)8-10(15)9-13(14)17/h8-9,11H,2-7,17H2,1H3. The fourth-order valence-corrected chi connectivity index (χ4v) is 5.55. The van der Waals surface area contributed by atoms with Crippen molar-refractivity contribution in [1.82, 2.24) is 4.31 Å². The largest absolute Gasteiger partial charge is 0.398 e. The second-order valence-electron chi connectivity index (χ2n) is 5.36. The first-order chi connectivity index (χ1) is 9.87. The molecular formula is C14H20Cl2N2O2S. The predicted molar refractivity (Wildman–Crippen MR) is 87.3 cm³/mol. The van der Waals surface area contributed by atoms with Gasteiger partial charge in [0, 0.05) is 17.6 Å². The monoisotopic (exact) mass is 350 g/mol. The molecule has 1 aliphatic heterocycles. The van der Waals surface area contributed by atoms with Crippen LogP contribution in [0.2, 0.25) is 10.0 Å². The van der Waals surface area contributed by atoms with E-state index in [9.17, 15) is 8.42 Å². The molecule has 0 aliphatic carbocycles. The summed E-state index contributed by atoms with van der Waals surface area (Å²) in [7, 11) is -3.69. The van der Waals surface area contributed by atoms with Crippen molar-refractivity contribution in [2.75, 3.05) is 12.3 Å². The topological polar surface area (TPSA) is 63.4 Å². The summed E-state index contributed by atoms with van der Waals surface area (Å²) < 4.78 is 27.4. The summed E-state index contributed by atoms with van der Waals surface area (Å²) in [5.74, 6) is 0. The SMILES string of the molecule is CCCC1CCCCN1S(=O)(=O)c1c(N)cc(Cl)cc1Cl. The Kier molecular flexibility index (Phi) is 5.41. The van der Waals surface area contributed by atoms with E-state index in [2.05, 4.69) is 6.92 Å². The third kappa shape index (κ3) is 3.47. The Hall–Kier alpha value is -0.490. The van der Waals surface area contributed by atoms with Crippen LogP contribution in [0.4, 0.5) is 5.69 Å². The Morgan fingerprint density at radius 3 is 2.67 bits per heavy atom. The Morgan fingerprint density at radius 1 is 1.33 bits per heavy atom. The van der Waals surface area contributed by atoms with E-state index >= 15 is 0 Å². The lowest BCUT2D eigenvalue weighted by Gasteiger charge is -2.35. The minimum absolute atomic E-state index is 0.0171. The molecule has 2 rings (SSSR count). The molecule has 1 fully saturated rings. The van der Waals surface area contributed by atoms with Crippen molar-refractivity contribution in [3.63, 3.8) is 0 Å². The molecule has 21 heavy (non-hydrogen) atoms. The summed E-state index contributed by atoms with van der Waals surface area (Å²) in [5, 5.41) is 0.418. The number of nitrogens with two attached hydrogens (primary N) is 1. The summed E-state index contributed by atoms with van der Waals surface area (Å²) in [6, 6.07) is 2.88. The van der Waals surface area contributed by atoms with Crippen LogP contribution in [-0.2, 0) is 10.0 Å². The lowest BCUT2D eigenvalue weighted by molar-refractivity contribution is 0.239. The van der Waals surface area contributed by atoms with Crippen molar-refractivity contribution in [2.45, 2.75) is 50.0 Å². The molecule has 0 bridgehead atoms. The number of benzene rings is 1. The van der Waals surface area contributed by atoms with E-state index in [1.807, 2.05) is 0 Å². The van der Waals surface area contributed by atoms with E-state index in [1.165, 1.54) is 12.1 Å². The molecule has 1 aromatic carbocycles. The number of anilines is 1. The van der Waals surface area contributed by atoms with Crippen molar-refractivity contribution in [1.29, 1.82) is 0 Å². The van der Waals surface area contributed by atoms with Crippen molar-refractivity contribution in [3.8, 4) is 0 Å². The molecule has 1 aliphatic rings. The Bertz CT molecular complexity index is 594. The number of rotatable bonds is 4. The van der Waals surface area contributed by atoms with Crippen LogP contribution in [-0.4, -0.2) is 25.3 Å². The maximum absolute atomic E-state index is 12.9. The van der Waals surface area contributed by atoms with Gasteiger partial charge in [0.05, 0.1) is 10.7 Å². The van der Waals surface area contributed by atoms with Gasteiger partial charge in [0.15, 0.2) is 0 Å². The van der Waals surface area contributed by atoms with Gasteiger partial charge in [0.2, 0.25) is 10.0 Å². The molecule has 0 aromatic heterocycles. The number of nitrogens with zero attached hydrogens (tertiary/aromatic N) is 1. The normalized spacial score (nSPS) is 20.6. The van der Waals surface area contributed by atoms with E-state index < -0.39 is 10.0 Å². The minimum atomic E-state index is -3.69. The lowest BCUT2D eigenvalue weighted by atomic mass is 10.0. The molecule has 118 valence electrons. The third-order valence-corrected chi connectivity index (χ3v) is 6.50. The Morgan fingerprint density at radius 2 is 2.05 bits per heavy atom. The maximum Gasteiger partial charge on any atom is 0.246 e. The fourth-order valence-electron chi connectivity index (χ4n) is 2.88. The highest BCUT2D eigenvalue weighted by Gasteiger charge is 2.35. The molecular weight excluding hydrogens is 331 g/mol. The number of hydrogen-bond acceptors (Lipinski definition) is 3. The van der Waals surface area contributed by atoms with E-state index in [-0.39, 0.29) is 21.6 Å². The molecule has 2 N–H and O–H groups in total. The van der Waals surface area contributed by atoms with E-state index in [0.29, 0.717) is 11.6 Å². The second-order valence-corrected chi connectivity index (χ2v) is 8.03. The summed E-state index contributed by atoms with van der Waals surface area (Å²) in [6.07, 6.45) is 4.61. The molecule has 1 heterocycles. The van der Waals surface area contributed by atoms with Crippen molar-refractivity contribution in [2.24, 2.45) is 0 Å². The highest BCUT2D eigenvalue weighted by Crippen LogP contribution is 2.36. The smallest absolute Gasteiger partial charge is 0.246 e. The molecule has 1 unspecified atom stereocenters. The molecule has 0 saturated carbocycles. The highest BCUT2D eigenvalue weighted by atomic mass is 35.5. The quantitative estimate of drug-likeness (QED) is 0.837. The van der Waals surface area contributed by atoms with Gasteiger partial charge < -0.3 is 5.73 Å². The van der Waals surface area contributed by atoms with E-state index in [0.717, 1.165) is 32.1 Å². The number of hydrogen-bond donors (Lipinski definition) is 1. The summed E-state index contributed by atoms with van der Waals surface area (Å²) >= 11 is 12.0. The number of piperidine rings is 1. The zero-order valence-electron chi connectivity index (χ0n) is 12.0. The summed E-state index contributed by atoms with van der Waals surface area (Å²) in [5.41, 5.74) is 5.96. The molecule has 0 amide bonds. The first-order valence-corrected chi connectivity index (χ1v) is 9.34. The molecule has 0 radical (unpaired) electrons. The van der Waals surface area contributed by atoms with Gasteiger partial charge in [-0.05, 0) is 31.4 Å². The van der Waals surface area contributed by atoms with Gasteiger partial charge in [-0.1, -0.05) is 43.0 Å². The molecule has 4 nitrogen and oxygen atoms in total. The van der Waals surface area contributed by atoms with Crippen LogP contribution in [0.3, 0.4) is 0 Å². The van der Waals surface area contributed by atoms with Crippen LogP contribution in [0, 0.1) is 0 Å². The predicted octanol–water partition coefficient (Wildman–Crippen LogP) is 3.92. The van der Waals surface area contributed by atoms with Crippen LogP contribution >= 0.6 is 23.2 Å². The zero-order chi connectivity index (χ0) is 15.6.